The van der Waals surface area contributed by atoms with E-state index in [4.69, 9.17) is 0 Å². The summed E-state index contributed by atoms with van der Waals surface area (Å²) in [5.41, 5.74) is 0.978. The fourth-order valence-electron chi connectivity index (χ4n) is 4.21. The van der Waals surface area contributed by atoms with Crippen molar-refractivity contribution in [3.8, 4) is 10.6 Å². The number of hydrogen-bond donors (Lipinski definition) is 2. The van der Waals surface area contributed by atoms with Gasteiger partial charge in [-0.05, 0) is 36.9 Å². The highest BCUT2D eigenvalue weighted by Gasteiger charge is 2.53. The van der Waals surface area contributed by atoms with Gasteiger partial charge in [0.25, 0.3) is 5.91 Å². The Bertz CT molecular complexity index is 1160. The molecule has 8 nitrogen and oxygen atoms in total. The number of nitrogens with one attached hydrogen (secondary N) is 2. The lowest BCUT2D eigenvalue weighted by atomic mass is 9.98. The summed E-state index contributed by atoms with van der Waals surface area (Å²) >= 11 is 1.57. The number of carbonyl (C=O) groups is 3. The van der Waals surface area contributed by atoms with E-state index in [9.17, 15) is 14.4 Å². The third-order valence-corrected chi connectivity index (χ3v) is 6.58. The van der Waals surface area contributed by atoms with E-state index in [0.717, 1.165) is 10.6 Å². The zero-order valence-electron chi connectivity index (χ0n) is 16.2. The van der Waals surface area contributed by atoms with Crippen LogP contribution in [0.3, 0.4) is 0 Å². The number of fused-ring (bicyclic) bond motifs is 3. The van der Waals surface area contributed by atoms with Crippen LogP contribution in [-0.2, 0) is 9.59 Å². The lowest BCUT2D eigenvalue weighted by molar-refractivity contribution is -0.120. The minimum Gasteiger partial charge on any atom is -0.308 e. The van der Waals surface area contributed by atoms with Crippen LogP contribution in [0.2, 0.25) is 0 Å². The molecule has 0 radical (unpaired) electrons. The van der Waals surface area contributed by atoms with Crippen molar-refractivity contribution in [1.82, 2.24) is 15.1 Å². The molecule has 5 rings (SSSR count). The molecule has 0 spiro atoms. The van der Waals surface area contributed by atoms with Crippen molar-refractivity contribution in [2.24, 2.45) is 0 Å². The van der Waals surface area contributed by atoms with Gasteiger partial charge in [0.15, 0.2) is 5.82 Å². The molecule has 1 aromatic carbocycles. The maximum atomic E-state index is 13.2. The predicted octanol–water partition coefficient (Wildman–Crippen LogP) is 3.08. The maximum Gasteiger partial charge on any atom is 0.258 e. The van der Waals surface area contributed by atoms with Gasteiger partial charge in [-0.25, -0.2) is 0 Å². The van der Waals surface area contributed by atoms with E-state index >= 15 is 0 Å². The average molecular weight is 421 g/mol. The number of aromatic amines is 1. The zero-order valence-corrected chi connectivity index (χ0v) is 17.0. The third-order valence-electron chi connectivity index (χ3n) is 5.68. The largest absolute Gasteiger partial charge is 0.308 e. The van der Waals surface area contributed by atoms with Crippen LogP contribution in [0.25, 0.3) is 10.6 Å². The van der Waals surface area contributed by atoms with Crippen LogP contribution in [0, 0.1) is 0 Å². The number of thiophene rings is 1. The monoisotopic (exact) mass is 421 g/mol. The molecule has 3 aromatic rings. The van der Waals surface area contributed by atoms with Gasteiger partial charge in [-0.1, -0.05) is 18.2 Å². The molecule has 4 heterocycles. The molecule has 1 atom stereocenters. The van der Waals surface area contributed by atoms with E-state index in [1.807, 2.05) is 30.5 Å². The minimum atomic E-state index is -0.867. The van der Waals surface area contributed by atoms with E-state index in [2.05, 4.69) is 15.5 Å². The Morgan fingerprint density at radius 2 is 2.10 bits per heavy atom. The van der Waals surface area contributed by atoms with Crippen molar-refractivity contribution < 1.29 is 14.4 Å². The molecule has 2 aromatic heterocycles. The Kier molecular flexibility index (Phi) is 4.21. The van der Waals surface area contributed by atoms with Crippen LogP contribution < -0.4 is 10.2 Å². The molecule has 1 unspecified atom stereocenters. The van der Waals surface area contributed by atoms with Crippen LogP contribution in [0.5, 0.6) is 0 Å². The van der Waals surface area contributed by atoms with Crippen molar-refractivity contribution >= 4 is 40.6 Å². The van der Waals surface area contributed by atoms with E-state index in [-0.39, 0.29) is 24.3 Å². The second kappa shape index (κ2) is 6.81. The number of carbonyl (C=O) groups excluding carboxylic acids is 3. The van der Waals surface area contributed by atoms with Gasteiger partial charge in [0.2, 0.25) is 11.8 Å². The van der Waals surface area contributed by atoms with Gasteiger partial charge in [0.05, 0.1) is 21.8 Å². The number of anilines is 2. The SMILES string of the molecule is CC12CCC(=O)N1c1ccccc1C(=O)N2CC(=O)Nc1cc(-c2cccs2)[nH]n1. The number of rotatable bonds is 4. The van der Waals surface area contributed by atoms with Crippen molar-refractivity contribution in [2.45, 2.75) is 25.4 Å². The first-order chi connectivity index (χ1) is 14.5. The molecule has 0 bridgehead atoms. The van der Waals surface area contributed by atoms with Gasteiger partial charge in [-0.15, -0.1) is 11.3 Å². The van der Waals surface area contributed by atoms with Crippen molar-refractivity contribution in [3.63, 3.8) is 0 Å². The summed E-state index contributed by atoms with van der Waals surface area (Å²) in [5, 5.41) is 11.8. The number of amides is 3. The molecule has 2 aliphatic rings. The smallest absolute Gasteiger partial charge is 0.258 e. The Morgan fingerprint density at radius 3 is 2.90 bits per heavy atom. The van der Waals surface area contributed by atoms with Gasteiger partial charge in [-0.3, -0.25) is 24.4 Å². The minimum absolute atomic E-state index is 0.0456. The zero-order chi connectivity index (χ0) is 20.9. The molecule has 3 amide bonds. The standard InChI is InChI=1S/C21H19N5O3S/c1-21-9-8-19(28)26(21)15-6-3-2-5-13(15)20(29)25(21)12-18(27)22-17-11-14(23-24-17)16-7-4-10-30-16/h2-7,10-11H,8-9,12H2,1H3,(H2,22,23,24,27). The van der Waals surface area contributed by atoms with Gasteiger partial charge < -0.3 is 10.2 Å². The van der Waals surface area contributed by atoms with E-state index in [0.29, 0.717) is 29.9 Å². The summed E-state index contributed by atoms with van der Waals surface area (Å²) < 4.78 is 0. The highest BCUT2D eigenvalue weighted by Crippen LogP contribution is 2.43. The number of H-pyrrole nitrogens is 1. The van der Waals surface area contributed by atoms with Crippen LogP contribution in [0.1, 0.15) is 30.1 Å². The number of benzene rings is 1. The van der Waals surface area contributed by atoms with Crippen LogP contribution in [0.4, 0.5) is 11.5 Å². The van der Waals surface area contributed by atoms with Gasteiger partial charge >= 0.3 is 0 Å². The molecular weight excluding hydrogens is 402 g/mol. The Labute approximate surface area is 176 Å². The summed E-state index contributed by atoms with van der Waals surface area (Å²) in [7, 11) is 0. The molecule has 30 heavy (non-hydrogen) atoms. The van der Waals surface area contributed by atoms with Crippen molar-refractivity contribution in [1.29, 1.82) is 0 Å². The normalized spacial score (nSPS) is 20.3. The second-order valence-corrected chi connectivity index (χ2v) is 8.49. The Balaban J connectivity index is 1.39. The average Bonchev–Trinajstić information content (AvgIpc) is 3.46. The molecule has 152 valence electrons. The lowest BCUT2D eigenvalue weighted by Crippen LogP contribution is -2.63. The van der Waals surface area contributed by atoms with Gasteiger partial charge in [-0.2, -0.15) is 5.10 Å². The number of hydrogen-bond acceptors (Lipinski definition) is 5. The molecule has 9 heteroatoms. The van der Waals surface area contributed by atoms with Crippen LogP contribution in [0.15, 0.2) is 47.8 Å². The molecule has 1 saturated heterocycles. The molecular formula is C21H19N5O3S. The summed E-state index contributed by atoms with van der Waals surface area (Å²) in [6.45, 7) is 1.66. The van der Waals surface area contributed by atoms with Crippen molar-refractivity contribution in [2.75, 3.05) is 16.8 Å². The molecule has 2 N–H and O–H groups in total. The Hall–Kier alpha value is -3.46. The molecule has 0 saturated carbocycles. The van der Waals surface area contributed by atoms with E-state index in [1.54, 1.807) is 40.5 Å². The van der Waals surface area contributed by atoms with E-state index in [1.165, 1.54) is 4.90 Å². The summed E-state index contributed by atoms with van der Waals surface area (Å²) in [6.07, 6.45) is 0.809. The van der Waals surface area contributed by atoms with Gasteiger partial charge in [0.1, 0.15) is 12.2 Å². The third kappa shape index (κ3) is 2.81. The highest BCUT2D eigenvalue weighted by atomic mass is 32.1. The number of aromatic nitrogens is 2. The fraction of sp³-hybridized carbons (Fsp3) is 0.238. The number of para-hydroxylation sites is 1. The summed E-state index contributed by atoms with van der Waals surface area (Å²) in [5.74, 6) is -0.281. The maximum absolute atomic E-state index is 13.2. The number of nitrogens with zero attached hydrogens (tertiary/aromatic N) is 3. The first-order valence-corrected chi connectivity index (χ1v) is 10.5. The van der Waals surface area contributed by atoms with Gasteiger partial charge in [0, 0.05) is 12.5 Å². The van der Waals surface area contributed by atoms with Crippen LogP contribution >= 0.6 is 11.3 Å². The quantitative estimate of drug-likeness (QED) is 0.676. The summed E-state index contributed by atoms with van der Waals surface area (Å²) in [4.78, 5) is 42.7. The second-order valence-electron chi connectivity index (χ2n) is 7.55. The van der Waals surface area contributed by atoms with E-state index < -0.39 is 5.66 Å². The highest BCUT2D eigenvalue weighted by molar-refractivity contribution is 7.13. The summed E-state index contributed by atoms with van der Waals surface area (Å²) in [6, 6.07) is 12.7. The predicted molar refractivity (Wildman–Crippen MR) is 113 cm³/mol. The lowest BCUT2D eigenvalue weighted by Gasteiger charge is -2.48. The first-order valence-electron chi connectivity index (χ1n) is 9.60. The first kappa shape index (κ1) is 18.6. The topological polar surface area (TPSA) is 98.4 Å². The van der Waals surface area contributed by atoms with Crippen LogP contribution in [-0.4, -0.2) is 45.0 Å². The molecule has 1 fully saturated rings. The fourth-order valence-corrected chi connectivity index (χ4v) is 4.90. The molecule has 2 aliphatic heterocycles. The van der Waals surface area contributed by atoms with Crippen molar-refractivity contribution in [3.05, 3.63) is 53.4 Å². The molecule has 0 aliphatic carbocycles. The Morgan fingerprint density at radius 1 is 1.27 bits per heavy atom.